The predicted octanol–water partition coefficient (Wildman–Crippen LogP) is 5.01. The molecule has 0 N–H and O–H groups in total. The maximum Gasteiger partial charge on any atom is 0.230 e. The highest BCUT2D eigenvalue weighted by Crippen LogP contribution is 2.33. The first-order valence-corrected chi connectivity index (χ1v) is 13.1. The van der Waals surface area contributed by atoms with Crippen LogP contribution in [0.3, 0.4) is 0 Å². The van der Waals surface area contributed by atoms with Crippen LogP contribution in [-0.2, 0) is 21.2 Å². The molecule has 2 heterocycles. The molecule has 0 aliphatic heterocycles. The Morgan fingerprint density at radius 3 is 2.45 bits per heavy atom. The quantitative estimate of drug-likeness (QED) is 0.372. The first-order chi connectivity index (χ1) is 15.7. The summed E-state index contributed by atoms with van der Waals surface area (Å²) in [5.41, 5.74) is 4.72. The first-order valence-electron chi connectivity index (χ1n) is 10.6. The van der Waals surface area contributed by atoms with Crippen molar-refractivity contribution in [3.05, 3.63) is 83.2 Å². The topological polar surface area (TPSA) is 80.2 Å². The van der Waals surface area contributed by atoms with Crippen LogP contribution in [0.5, 0.6) is 0 Å². The second kappa shape index (κ2) is 9.41. The van der Waals surface area contributed by atoms with Gasteiger partial charge in [0.25, 0.3) is 0 Å². The minimum atomic E-state index is -3.58. The van der Waals surface area contributed by atoms with Crippen molar-refractivity contribution in [2.24, 2.45) is 0 Å². The number of sulfone groups is 1. The molecule has 1 amide bonds. The lowest BCUT2D eigenvalue weighted by molar-refractivity contribution is -0.118. The molecule has 0 fully saturated rings. The smallest absolute Gasteiger partial charge is 0.230 e. The minimum Gasteiger partial charge on any atom is -0.282 e. The fraction of sp³-hybridized carbons (Fsp3) is 0.240. The van der Waals surface area contributed by atoms with Gasteiger partial charge in [0.1, 0.15) is 0 Å². The lowest BCUT2D eigenvalue weighted by atomic mass is 10.1. The summed E-state index contributed by atoms with van der Waals surface area (Å²) < 4.78 is 26.6. The van der Waals surface area contributed by atoms with Gasteiger partial charge in [-0.25, -0.2) is 13.4 Å². The highest BCUT2D eigenvalue weighted by Gasteiger charge is 2.24. The summed E-state index contributed by atoms with van der Waals surface area (Å²) in [6.45, 7) is 6.16. The number of rotatable bonds is 7. The number of anilines is 1. The van der Waals surface area contributed by atoms with Crippen LogP contribution in [0.1, 0.15) is 28.8 Å². The Labute approximate surface area is 197 Å². The van der Waals surface area contributed by atoms with Gasteiger partial charge in [-0.15, -0.1) is 0 Å². The lowest BCUT2D eigenvalue weighted by Crippen LogP contribution is -2.32. The van der Waals surface area contributed by atoms with E-state index in [0.717, 1.165) is 26.9 Å². The van der Waals surface area contributed by atoms with E-state index >= 15 is 0 Å². The summed E-state index contributed by atoms with van der Waals surface area (Å²) in [6.07, 6.45) is 1.53. The molecular formula is C25H25N3O3S2. The molecule has 6 nitrogen and oxygen atoms in total. The molecule has 0 spiro atoms. The van der Waals surface area contributed by atoms with Gasteiger partial charge >= 0.3 is 0 Å². The summed E-state index contributed by atoms with van der Waals surface area (Å²) in [6, 6.07) is 16.3. The Hall–Kier alpha value is -3.10. The molecular weight excluding hydrogens is 454 g/mol. The summed E-state index contributed by atoms with van der Waals surface area (Å²) >= 11 is 1.44. The van der Waals surface area contributed by atoms with Crippen molar-refractivity contribution in [1.29, 1.82) is 0 Å². The number of amides is 1. The van der Waals surface area contributed by atoms with Crippen LogP contribution in [0.25, 0.3) is 10.2 Å². The van der Waals surface area contributed by atoms with Crippen LogP contribution >= 0.6 is 11.3 Å². The van der Waals surface area contributed by atoms with Crippen LogP contribution in [0.4, 0.5) is 5.13 Å². The molecule has 0 atom stereocenters. The van der Waals surface area contributed by atoms with Gasteiger partial charge in [0.15, 0.2) is 15.0 Å². The van der Waals surface area contributed by atoms with Gasteiger partial charge in [-0.2, -0.15) is 0 Å². The predicted molar refractivity (Wildman–Crippen MR) is 132 cm³/mol. The molecule has 4 rings (SSSR count). The van der Waals surface area contributed by atoms with Crippen molar-refractivity contribution in [2.75, 3.05) is 10.7 Å². The van der Waals surface area contributed by atoms with Gasteiger partial charge < -0.3 is 0 Å². The Bertz CT molecular complexity index is 1400. The molecule has 2 aromatic carbocycles. The van der Waals surface area contributed by atoms with Gasteiger partial charge in [0, 0.05) is 12.6 Å². The molecule has 0 unspecified atom stereocenters. The molecule has 0 bridgehead atoms. The van der Waals surface area contributed by atoms with E-state index in [0.29, 0.717) is 10.8 Å². The monoisotopic (exact) mass is 479 g/mol. The van der Waals surface area contributed by atoms with E-state index in [4.69, 9.17) is 4.98 Å². The van der Waals surface area contributed by atoms with Crippen LogP contribution in [0.2, 0.25) is 0 Å². The number of hydrogen-bond donors (Lipinski definition) is 0. The van der Waals surface area contributed by atoms with Crippen LogP contribution in [0, 0.1) is 20.8 Å². The number of aryl methyl sites for hydroxylation is 3. The van der Waals surface area contributed by atoms with Crippen LogP contribution in [0.15, 0.2) is 65.7 Å². The normalized spacial score (nSPS) is 11.6. The van der Waals surface area contributed by atoms with E-state index in [1.165, 1.54) is 11.3 Å². The van der Waals surface area contributed by atoms with E-state index in [-0.39, 0.29) is 29.5 Å². The molecule has 0 aliphatic carbocycles. The SMILES string of the molecule is Cc1ccc(S(=O)(=O)CCC(=O)N(Cc2ccccn2)c2nc3cc(C)cc(C)c3s2)cc1. The molecule has 0 aliphatic rings. The van der Waals surface area contributed by atoms with E-state index < -0.39 is 9.84 Å². The highest BCUT2D eigenvalue weighted by molar-refractivity contribution is 7.91. The standard InChI is InChI=1S/C25H25N3O3S2/c1-17-7-9-21(10-8-17)33(30,31)13-11-23(29)28(16-20-6-4-5-12-26-20)25-27-22-15-18(2)14-19(3)24(22)32-25/h4-10,12,14-15H,11,13,16H2,1-3H3. The molecule has 4 aromatic rings. The zero-order valence-electron chi connectivity index (χ0n) is 18.8. The highest BCUT2D eigenvalue weighted by atomic mass is 32.2. The van der Waals surface area contributed by atoms with Crippen molar-refractivity contribution in [3.63, 3.8) is 0 Å². The van der Waals surface area contributed by atoms with Crippen molar-refractivity contribution in [2.45, 2.75) is 38.6 Å². The Balaban J connectivity index is 1.62. The fourth-order valence-electron chi connectivity index (χ4n) is 3.62. The largest absolute Gasteiger partial charge is 0.282 e. The Morgan fingerprint density at radius 1 is 1.00 bits per heavy atom. The second-order valence-electron chi connectivity index (χ2n) is 8.11. The number of fused-ring (bicyclic) bond motifs is 1. The van der Waals surface area contributed by atoms with E-state index in [9.17, 15) is 13.2 Å². The third-order valence-corrected chi connectivity index (χ3v) is 8.31. The van der Waals surface area contributed by atoms with Crippen LogP contribution < -0.4 is 4.90 Å². The maximum absolute atomic E-state index is 13.3. The van der Waals surface area contributed by atoms with Gasteiger partial charge in [-0.3, -0.25) is 14.7 Å². The summed E-state index contributed by atoms with van der Waals surface area (Å²) in [4.78, 5) is 24.1. The Kier molecular flexibility index (Phi) is 6.58. The number of hydrogen-bond acceptors (Lipinski definition) is 6. The van der Waals surface area contributed by atoms with Crippen molar-refractivity contribution >= 4 is 42.4 Å². The number of nitrogens with zero attached hydrogens (tertiary/aromatic N) is 3. The van der Waals surface area contributed by atoms with Gasteiger partial charge in [0.05, 0.1) is 33.1 Å². The fourth-order valence-corrected chi connectivity index (χ4v) is 5.88. The lowest BCUT2D eigenvalue weighted by Gasteiger charge is -2.19. The third kappa shape index (κ3) is 5.29. The van der Waals surface area contributed by atoms with Crippen molar-refractivity contribution in [1.82, 2.24) is 9.97 Å². The molecule has 2 aromatic heterocycles. The molecule has 0 saturated heterocycles. The summed E-state index contributed by atoms with van der Waals surface area (Å²) in [5.74, 6) is -0.568. The number of benzene rings is 2. The zero-order chi connectivity index (χ0) is 23.6. The molecule has 170 valence electrons. The van der Waals surface area contributed by atoms with Crippen LogP contribution in [-0.4, -0.2) is 30.0 Å². The van der Waals surface area contributed by atoms with E-state index in [2.05, 4.69) is 11.1 Å². The third-order valence-electron chi connectivity index (χ3n) is 5.35. The number of carbonyl (C=O) groups is 1. The number of thiazole rings is 1. The average molecular weight is 480 g/mol. The Morgan fingerprint density at radius 2 is 1.76 bits per heavy atom. The average Bonchev–Trinajstić information content (AvgIpc) is 3.21. The van der Waals surface area contributed by atoms with E-state index in [1.807, 2.05) is 45.0 Å². The molecule has 33 heavy (non-hydrogen) atoms. The zero-order valence-corrected chi connectivity index (χ0v) is 20.4. The summed E-state index contributed by atoms with van der Waals surface area (Å²) in [7, 11) is -3.58. The number of aromatic nitrogens is 2. The molecule has 8 heteroatoms. The second-order valence-corrected chi connectivity index (χ2v) is 11.2. The number of pyridine rings is 1. The molecule has 0 saturated carbocycles. The first kappa shape index (κ1) is 23.1. The van der Waals surface area contributed by atoms with Crippen molar-refractivity contribution in [3.8, 4) is 0 Å². The molecule has 0 radical (unpaired) electrons. The van der Waals surface area contributed by atoms with E-state index in [1.54, 1.807) is 35.4 Å². The summed E-state index contributed by atoms with van der Waals surface area (Å²) in [5, 5.41) is 0.544. The van der Waals surface area contributed by atoms with Gasteiger partial charge in [-0.1, -0.05) is 41.2 Å². The van der Waals surface area contributed by atoms with Crippen molar-refractivity contribution < 1.29 is 13.2 Å². The van der Waals surface area contributed by atoms with Gasteiger partial charge in [0.2, 0.25) is 5.91 Å². The minimum absolute atomic E-state index is 0.142. The van der Waals surface area contributed by atoms with Gasteiger partial charge in [-0.05, 0) is 62.2 Å². The maximum atomic E-state index is 13.3. The number of carbonyl (C=O) groups excluding carboxylic acids is 1.